The van der Waals surface area contributed by atoms with Crippen LogP contribution in [-0.4, -0.2) is 118 Å². The molecule has 4 aliphatic heterocycles. The van der Waals surface area contributed by atoms with E-state index in [9.17, 15) is 14.0 Å². The zero-order valence-corrected chi connectivity index (χ0v) is 37.6. The minimum atomic E-state index is -0.432. The number of nitrogens with one attached hydrogen (secondary N) is 2. The monoisotopic (exact) mass is 902 g/mol. The summed E-state index contributed by atoms with van der Waals surface area (Å²) in [6.07, 6.45) is 11.2. The predicted molar refractivity (Wildman–Crippen MR) is 249 cm³/mol. The van der Waals surface area contributed by atoms with Crippen LogP contribution in [0.15, 0.2) is 82.9 Å². The Labute approximate surface area is 383 Å². The van der Waals surface area contributed by atoms with Crippen LogP contribution in [-0.2, 0) is 26.2 Å². The van der Waals surface area contributed by atoms with E-state index in [1.165, 1.54) is 37.6 Å². The Balaban J connectivity index is 0.000000166. The molecule has 2 saturated heterocycles. The first kappa shape index (κ1) is 45.2. The molecule has 10 rings (SSSR count). The van der Waals surface area contributed by atoms with Crippen molar-refractivity contribution in [3.63, 3.8) is 0 Å². The lowest BCUT2D eigenvalue weighted by Crippen LogP contribution is -2.41. The van der Waals surface area contributed by atoms with Crippen LogP contribution in [0.25, 0.3) is 22.1 Å². The molecular formula is C49H59FN10O6. The van der Waals surface area contributed by atoms with Gasteiger partial charge in [0.1, 0.15) is 32.2 Å². The molecule has 2 fully saturated rings. The van der Waals surface area contributed by atoms with Gasteiger partial charge in [-0.1, -0.05) is 0 Å². The Bertz CT molecular complexity index is 2550. The van der Waals surface area contributed by atoms with Crippen LogP contribution >= 0.6 is 0 Å². The van der Waals surface area contributed by atoms with Crippen LogP contribution in [0.1, 0.15) is 42.6 Å². The van der Waals surface area contributed by atoms with Gasteiger partial charge in [-0.2, -0.15) is 0 Å². The number of halogens is 1. The molecule has 10 heterocycles. The molecule has 0 bridgehead atoms. The SMILES string of the molecule is Cc1cnc2ccc(=O)n(CCN3CCCC(CNCc4cc5c(cn4)OCCO5)C3)c2c1.O=c1ccc2ncc(F)cc2n1CCN1CCCC(CNCc2cc3c(cn2)OCCO3)C1. The van der Waals surface area contributed by atoms with Gasteiger partial charge in [0.2, 0.25) is 0 Å². The first-order valence-corrected chi connectivity index (χ1v) is 23.3. The van der Waals surface area contributed by atoms with Gasteiger partial charge in [-0.3, -0.25) is 29.5 Å². The molecule has 4 aliphatic rings. The lowest BCUT2D eigenvalue weighted by atomic mass is 9.98. The summed E-state index contributed by atoms with van der Waals surface area (Å²) in [5, 5.41) is 7.08. The average Bonchev–Trinajstić information content (AvgIpc) is 3.34. The number of likely N-dealkylation sites (tertiary alicyclic amines) is 2. The molecule has 6 aromatic heterocycles. The molecule has 66 heavy (non-hydrogen) atoms. The van der Waals surface area contributed by atoms with Crippen LogP contribution in [0, 0.1) is 24.6 Å². The van der Waals surface area contributed by atoms with Crippen LogP contribution in [0.2, 0.25) is 0 Å². The molecule has 0 saturated carbocycles. The van der Waals surface area contributed by atoms with Gasteiger partial charge in [0, 0.05) is 88.9 Å². The summed E-state index contributed by atoms with van der Waals surface area (Å²) in [5.41, 5.74) is 5.84. The second-order valence-electron chi connectivity index (χ2n) is 17.6. The molecule has 0 aliphatic carbocycles. The lowest BCUT2D eigenvalue weighted by Gasteiger charge is -2.33. The third-order valence-electron chi connectivity index (χ3n) is 12.7. The van der Waals surface area contributed by atoms with Crippen LogP contribution in [0.3, 0.4) is 0 Å². The third-order valence-corrected chi connectivity index (χ3v) is 12.7. The Morgan fingerprint density at radius 3 is 1.61 bits per heavy atom. The number of aryl methyl sites for hydroxylation is 1. The van der Waals surface area contributed by atoms with Crippen molar-refractivity contribution in [3.05, 3.63) is 117 Å². The van der Waals surface area contributed by atoms with Crippen LogP contribution < -0.4 is 40.7 Å². The fourth-order valence-corrected chi connectivity index (χ4v) is 9.38. The van der Waals surface area contributed by atoms with Crippen molar-refractivity contribution in [1.29, 1.82) is 0 Å². The molecule has 0 spiro atoms. The summed E-state index contributed by atoms with van der Waals surface area (Å²) in [7, 11) is 0. The van der Waals surface area contributed by atoms with Crippen molar-refractivity contribution in [1.82, 2.24) is 49.5 Å². The standard InChI is InChI=1S/C25H31N5O3.C24H28FN5O3/c1-18-11-22-21(28-13-18)4-5-25(31)30(22)8-7-29-6-2-3-19(17-29)14-26-15-20-12-23-24(16-27-20)33-10-9-32-23;25-18-10-21-20(28-13-18)3-4-24(31)30(21)7-6-29-5-1-2-17(16-29)12-26-14-19-11-22-23(15-27-19)33-9-8-32-22/h4-5,11-13,16,19,26H,2-3,6-10,14-15,17H2,1H3;3-4,10-11,13,15,17,26H,1-2,5-9,12,14,16H2. The van der Waals surface area contributed by atoms with Gasteiger partial charge < -0.3 is 48.5 Å². The highest BCUT2D eigenvalue weighted by Crippen LogP contribution is 2.30. The Morgan fingerprint density at radius 1 is 0.591 bits per heavy atom. The zero-order valence-electron chi connectivity index (χ0n) is 37.6. The van der Waals surface area contributed by atoms with Crippen molar-refractivity contribution in [2.45, 2.75) is 58.8 Å². The normalized spacial score (nSPS) is 18.5. The largest absolute Gasteiger partial charge is 0.486 e. The molecule has 17 heteroatoms. The van der Waals surface area contributed by atoms with Crippen molar-refractivity contribution in [3.8, 4) is 23.0 Å². The quantitative estimate of drug-likeness (QED) is 0.156. The molecule has 0 aromatic carbocycles. The van der Waals surface area contributed by atoms with Gasteiger partial charge in [0.15, 0.2) is 23.0 Å². The van der Waals surface area contributed by atoms with Crippen molar-refractivity contribution in [2.75, 3.05) is 78.8 Å². The Morgan fingerprint density at radius 2 is 1.08 bits per heavy atom. The highest BCUT2D eigenvalue weighted by atomic mass is 19.1. The maximum atomic E-state index is 13.7. The fourth-order valence-electron chi connectivity index (χ4n) is 9.38. The predicted octanol–water partition coefficient (Wildman–Crippen LogP) is 4.58. The number of fused-ring (bicyclic) bond motifs is 4. The van der Waals surface area contributed by atoms with Crippen LogP contribution in [0.4, 0.5) is 4.39 Å². The van der Waals surface area contributed by atoms with E-state index >= 15 is 0 Å². The molecule has 16 nitrogen and oxygen atoms in total. The maximum Gasteiger partial charge on any atom is 0.251 e. The number of piperidine rings is 2. The average molecular weight is 903 g/mol. The molecule has 0 amide bonds. The van der Waals surface area contributed by atoms with Gasteiger partial charge in [0.05, 0.1) is 52.0 Å². The molecule has 6 aromatic rings. The second-order valence-corrected chi connectivity index (χ2v) is 17.6. The van der Waals surface area contributed by atoms with E-state index in [4.69, 9.17) is 18.9 Å². The molecule has 0 radical (unpaired) electrons. The Kier molecular flexibility index (Phi) is 14.7. The first-order valence-electron chi connectivity index (χ1n) is 23.3. The van der Waals surface area contributed by atoms with E-state index in [1.54, 1.807) is 29.1 Å². The van der Waals surface area contributed by atoms with Crippen molar-refractivity contribution in [2.24, 2.45) is 11.8 Å². The summed E-state index contributed by atoms with van der Waals surface area (Å²) in [6.45, 7) is 14.5. The summed E-state index contributed by atoms with van der Waals surface area (Å²) in [4.78, 5) is 47.3. The highest BCUT2D eigenvalue weighted by molar-refractivity contribution is 5.75. The molecule has 2 atom stereocenters. The zero-order chi connectivity index (χ0) is 45.2. The van der Waals surface area contributed by atoms with Gasteiger partial charge in [-0.15, -0.1) is 0 Å². The number of ether oxygens (including phenoxy) is 4. The molecule has 2 unspecified atom stereocenters. The molecule has 2 N–H and O–H groups in total. The number of aromatic nitrogens is 6. The summed E-state index contributed by atoms with van der Waals surface area (Å²) in [6, 6.07) is 13.9. The number of nitrogens with zero attached hydrogens (tertiary/aromatic N) is 8. The van der Waals surface area contributed by atoms with Crippen molar-refractivity contribution >= 4 is 22.1 Å². The Hall–Kier alpha value is -6.01. The molecular weight excluding hydrogens is 844 g/mol. The van der Waals surface area contributed by atoms with Gasteiger partial charge >= 0.3 is 0 Å². The third kappa shape index (κ3) is 11.5. The van der Waals surface area contributed by atoms with E-state index in [2.05, 4.69) is 46.4 Å². The molecule has 348 valence electrons. The number of hydrogen-bond acceptors (Lipinski definition) is 14. The van der Waals surface area contributed by atoms with E-state index in [0.29, 0.717) is 81.2 Å². The van der Waals surface area contributed by atoms with E-state index in [0.717, 1.165) is 104 Å². The van der Waals surface area contributed by atoms with Gasteiger partial charge in [-0.05, 0) is 94.4 Å². The van der Waals surface area contributed by atoms with E-state index < -0.39 is 5.82 Å². The first-order chi connectivity index (χ1) is 32.3. The number of pyridine rings is 6. The summed E-state index contributed by atoms with van der Waals surface area (Å²) in [5.74, 6) is 3.66. The van der Waals surface area contributed by atoms with Crippen LogP contribution in [0.5, 0.6) is 23.0 Å². The number of rotatable bonds is 14. The topological polar surface area (TPSA) is 163 Å². The van der Waals surface area contributed by atoms with Gasteiger partial charge in [0.25, 0.3) is 11.1 Å². The number of hydrogen-bond donors (Lipinski definition) is 2. The minimum absolute atomic E-state index is 0.0389. The second kappa shape index (κ2) is 21.5. The fraction of sp³-hybridized carbons (Fsp3) is 0.469. The van der Waals surface area contributed by atoms with E-state index in [-0.39, 0.29) is 11.1 Å². The van der Waals surface area contributed by atoms with Crippen molar-refractivity contribution < 1.29 is 23.3 Å². The summed E-state index contributed by atoms with van der Waals surface area (Å²) >= 11 is 0. The minimum Gasteiger partial charge on any atom is -0.486 e. The maximum absolute atomic E-state index is 13.7. The lowest BCUT2D eigenvalue weighted by molar-refractivity contribution is 0.166. The summed E-state index contributed by atoms with van der Waals surface area (Å²) < 4.78 is 39.5. The smallest absolute Gasteiger partial charge is 0.251 e. The van der Waals surface area contributed by atoms with E-state index in [1.807, 2.05) is 35.9 Å². The highest BCUT2D eigenvalue weighted by Gasteiger charge is 2.22. The van der Waals surface area contributed by atoms with Gasteiger partial charge in [-0.25, -0.2) is 4.39 Å².